The molecule has 3 aromatic rings. The molecule has 0 radical (unpaired) electrons. The van der Waals surface area contributed by atoms with Gasteiger partial charge in [-0.15, -0.1) is 0 Å². The SMILES string of the molecule is CCc1nc2ccccc2n1CC(=O)Nc1cc(C(N)=O)ccc1OC. The van der Waals surface area contributed by atoms with Gasteiger partial charge in [-0.25, -0.2) is 4.98 Å². The lowest BCUT2D eigenvalue weighted by Crippen LogP contribution is -2.21. The molecular weight excluding hydrogens is 332 g/mol. The molecule has 134 valence electrons. The van der Waals surface area contributed by atoms with Crippen LogP contribution in [0.2, 0.25) is 0 Å². The van der Waals surface area contributed by atoms with Crippen LogP contribution >= 0.6 is 0 Å². The van der Waals surface area contributed by atoms with Crippen LogP contribution in [0.5, 0.6) is 5.75 Å². The summed E-state index contributed by atoms with van der Waals surface area (Å²) in [6.07, 6.45) is 0.711. The van der Waals surface area contributed by atoms with Gasteiger partial charge < -0.3 is 20.4 Å². The summed E-state index contributed by atoms with van der Waals surface area (Å²) < 4.78 is 7.13. The van der Waals surface area contributed by atoms with Crippen molar-refractivity contribution in [2.75, 3.05) is 12.4 Å². The van der Waals surface area contributed by atoms with Crippen molar-refractivity contribution in [1.82, 2.24) is 9.55 Å². The van der Waals surface area contributed by atoms with Crippen LogP contribution < -0.4 is 15.8 Å². The third-order valence-corrected chi connectivity index (χ3v) is 4.11. The Hall–Kier alpha value is -3.35. The number of amides is 2. The Balaban J connectivity index is 1.88. The van der Waals surface area contributed by atoms with E-state index >= 15 is 0 Å². The van der Waals surface area contributed by atoms with Gasteiger partial charge in [-0.1, -0.05) is 19.1 Å². The number of imidazole rings is 1. The summed E-state index contributed by atoms with van der Waals surface area (Å²) in [5.41, 5.74) is 7.76. The number of para-hydroxylation sites is 2. The number of fused-ring (bicyclic) bond motifs is 1. The summed E-state index contributed by atoms with van der Waals surface area (Å²) in [5, 5.41) is 2.79. The lowest BCUT2D eigenvalue weighted by molar-refractivity contribution is -0.116. The second-order valence-corrected chi connectivity index (χ2v) is 5.78. The normalized spacial score (nSPS) is 10.7. The van der Waals surface area contributed by atoms with E-state index in [0.29, 0.717) is 23.4 Å². The van der Waals surface area contributed by atoms with Gasteiger partial charge in [0.2, 0.25) is 11.8 Å². The van der Waals surface area contributed by atoms with Gasteiger partial charge in [-0.2, -0.15) is 0 Å². The van der Waals surface area contributed by atoms with Crippen molar-refractivity contribution < 1.29 is 14.3 Å². The van der Waals surface area contributed by atoms with Gasteiger partial charge in [0.1, 0.15) is 18.1 Å². The van der Waals surface area contributed by atoms with E-state index < -0.39 is 5.91 Å². The molecule has 1 aromatic heterocycles. The van der Waals surface area contributed by atoms with E-state index in [2.05, 4.69) is 10.3 Å². The number of hydrogen-bond donors (Lipinski definition) is 2. The van der Waals surface area contributed by atoms with Crippen molar-refractivity contribution >= 4 is 28.5 Å². The standard InChI is InChI=1S/C19H20N4O3/c1-3-17-21-13-6-4-5-7-15(13)23(17)11-18(24)22-14-10-12(19(20)25)8-9-16(14)26-2/h4-10H,3,11H2,1-2H3,(H2,20,25)(H,22,24). The maximum Gasteiger partial charge on any atom is 0.248 e. The van der Waals surface area contributed by atoms with Crippen molar-refractivity contribution in [2.24, 2.45) is 5.73 Å². The predicted molar refractivity (Wildman–Crippen MR) is 99.3 cm³/mol. The minimum atomic E-state index is -0.572. The van der Waals surface area contributed by atoms with Crippen molar-refractivity contribution in [3.05, 3.63) is 53.9 Å². The molecule has 0 fully saturated rings. The highest BCUT2D eigenvalue weighted by molar-refractivity contribution is 5.97. The fourth-order valence-corrected chi connectivity index (χ4v) is 2.86. The summed E-state index contributed by atoms with van der Waals surface area (Å²) in [7, 11) is 1.49. The first-order valence-corrected chi connectivity index (χ1v) is 8.25. The third-order valence-electron chi connectivity index (χ3n) is 4.11. The van der Waals surface area contributed by atoms with Crippen molar-refractivity contribution in [1.29, 1.82) is 0 Å². The number of anilines is 1. The van der Waals surface area contributed by atoms with Crippen LogP contribution in [-0.2, 0) is 17.8 Å². The molecule has 0 bridgehead atoms. The molecule has 3 N–H and O–H groups in total. The molecule has 0 aliphatic heterocycles. The zero-order chi connectivity index (χ0) is 18.7. The number of methoxy groups -OCH3 is 1. The predicted octanol–water partition coefficient (Wildman–Crippen LogP) is 2.34. The molecule has 7 heteroatoms. The molecule has 26 heavy (non-hydrogen) atoms. The number of carbonyl (C=O) groups excluding carboxylic acids is 2. The van der Waals surface area contributed by atoms with Gasteiger partial charge in [-0.3, -0.25) is 9.59 Å². The highest BCUT2D eigenvalue weighted by atomic mass is 16.5. The summed E-state index contributed by atoms with van der Waals surface area (Å²) in [6.45, 7) is 2.10. The number of rotatable bonds is 6. The Bertz CT molecular complexity index is 978. The number of benzene rings is 2. The number of hydrogen-bond acceptors (Lipinski definition) is 4. The molecule has 7 nitrogen and oxygen atoms in total. The van der Waals surface area contributed by atoms with E-state index in [0.717, 1.165) is 16.9 Å². The molecule has 0 saturated carbocycles. The Morgan fingerprint density at radius 2 is 2.00 bits per heavy atom. The molecule has 0 spiro atoms. The molecule has 1 heterocycles. The molecule has 2 amide bonds. The maximum atomic E-state index is 12.6. The van der Waals surface area contributed by atoms with E-state index in [1.807, 2.05) is 35.8 Å². The quantitative estimate of drug-likeness (QED) is 0.711. The van der Waals surface area contributed by atoms with Crippen LogP contribution in [0.4, 0.5) is 5.69 Å². The lowest BCUT2D eigenvalue weighted by atomic mass is 10.1. The smallest absolute Gasteiger partial charge is 0.248 e. The van der Waals surface area contributed by atoms with E-state index in [9.17, 15) is 9.59 Å². The second-order valence-electron chi connectivity index (χ2n) is 5.78. The second kappa shape index (κ2) is 7.26. The minimum absolute atomic E-state index is 0.105. The van der Waals surface area contributed by atoms with Crippen LogP contribution in [-0.4, -0.2) is 28.5 Å². The Morgan fingerprint density at radius 3 is 2.69 bits per heavy atom. The lowest BCUT2D eigenvalue weighted by Gasteiger charge is -2.13. The van der Waals surface area contributed by atoms with Crippen molar-refractivity contribution in [3.63, 3.8) is 0 Å². The first-order chi connectivity index (χ1) is 12.5. The molecule has 0 atom stereocenters. The molecule has 0 aliphatic carbocycles. The van der Waals surface area contributed by atoms with Gasteiger partial charge in [0.05, 0.1) is 23.8 Å². The first-order valence-electron chi connectivity index (χ1n) is 8.25. The fraction of sp³-hybridized carbons (Fsp3) is 0.211. The summed E-state index contributed by atoms with van der Waals surface area (Å²) in [4.78, 5) is 28.6. The van der Waals surface area contributed by atoms with E-state index in [1.165, 1.54) is 13.2 Å². The van der Waals surface area contributed by atoms with Crippen molar-refractivity contribution in [2.45, 2.75) is 19.9 Å². The van der Waals surface area contributed by atoms with E-state index in [-0.39, 0.29) is 12.5 Å². The average molecular weight is 352 g/mol. The highest BCUT2D eigenvalue weighted by Gasteiger charge is 2.15. The molecule has 0 aliphatic rings. The van der Waals surface area contributed by atoms with Crippen LogP contribution in [0.15, 0.2) is 42.5 Å². The number of aromatic nitrogens is 2. The number of nitrogens with two attached hydrogens (primary N) is 1. The van der Waals surface area contributed by atoms with Gasteiger partial charge in [-0.05, 0) is 30.3 Å². The number of nitrogens with zero attached hydrogens (tertiary/aromatic N) is 2. The van der Waals surface area contributed by atoms with Crippen LogP contribution in [0.1, 0.15) is 23.1 Å². The molecule has 0 saturated heterocycles. The van der Waals surface area contributed by atoms with Gasteiger partial charge in [0, 0.05) is 12.0 Å². The zero-order valence-electron chi connectivity index (χ0n) is 14.7. The Morgan fingerprint density at radius 1 is 1.23 bits per heavy atom. The van der Waals surface area contributed by atoms with E-state index in [1.54, 1.807) is 12.1 Å². The Labute approximate surface area is 150 Å². The number of aryl methyl sites for hydroxylation is 1. The highest BCUT2D eigenvalue weighted by Crippen LogP contribution is 2.25. The topological polar surface area (TPSA) is 99.2 Å². The van der Waals surface area contributed by atoms with Gasteiger partial charge in [0.15, 0.2) is 0 Å². The average Bonchev–Trinajstić information content (AvgIpc) is 2.99. The summed E-state index contributed by atoms with van der Waals surface area (Å²) in [6, 6.07) is 12.3. The van der Waals surface area contributed by atoms with Gasteiger partial charge >= 0.3 is 0 Å². The van der Waals surface area contributed by atoms with Crippen molar-refractivity contribution in [3.8, 4) is 5.75 Å². The fourth-order valence-electron chi connectivity index (χ4n) is 2.86. The maximum absolute atomic E-state index is 12.6. The summed E-state index contributed by atoms with van der Waals surface area (Å²) >= 11 is 0. The van der Waals surface area contributed by atoms with Crippen LogP contribution in [0, 0.1) is 0 Å². The largest absolute Gasteiger partial charge is 0.495 e. The third kappa shape index (κ3) is 3.37. The number of primary amides is 1. The number of nitrogens with one attached hydrogen (secondary N) is 1. The monoisotopic (exact) mass is 352 g/mol. The Kier molecular flexibility index (Phi) is 4.88. The van der Waals surface area contributed by atoms with Crippen LogP contribution in [0.3, 0.4) is 0 Å². The first kappa shape index (κ1) is 17.5. The van der Waals surface area contributed by atoms with Gasteiger partial charge in [0.25, 0.3) is 0 Å². The molecular formula is C19H20N4O3. The number of ether oxygens (including phenoxy) is 1. The molecule has 3 rings (SSSR count). The van der Waals surface area contributed by atoms with E-state index in [4.69, 9.17) is 10.5 Å². The minimum Gasteiger partial charge on any atom is -0.495 e. The summed E-state index contributed by atoms with van der Waals surface area (Å²) in [5.74, 6) is 0.466. The molecule has 0 unspecified atom stereocenters. The van der Waals surface area contributed by atoms with Crippen LogP contribution in [0.25, 0.3) is 11.0 Å². The molecule has 2 aromatic carbocycles. The zero-order valence-corrected chi connectivity index (χ0v) is 14.7. The number of carbonyl (C=O) groups is 2.